The first kappa shape index (κ1) is 13.4. The molecule has 3 rings (SSSR count). The number of benzene rings is 1. The fraction of sp³-hybridized carbons (Fsp3) is 0.267. The van der Waals surface area contributed by atoms with Gasteiger partial charge in [0.05, 0.1) is 12.1 Å². The van der Waals surface area contributed by atoms with Gasteiger partial charge in [0.15, 0.2) is 5.78 Å². The Hall–Kier alpha value is -2.63. The zero-order valence-electron chi connectivity index (χ0n) is 11.5. The number of hydrogen-bond donors (Lipinski definition) is 0. The number of ketones is 1. The topological polar surface area (TPSA) is 70.8 Å². The number of carbonyl (C=O) groups is 3. The van der Waals surface area contributed by atoms with Gasteiger partial charge in [0.25, 0.3) is 0 Å². The summed E-state index contributed by atoms with van der Waals surface area (Å²) in [6, 6.07) is 7.21. The molecule has 6 heteroatoms. The zero-order valence-corrected chi connectivity index (χ0v) is 11.5. The molecular formula is C15H14N2O4. The van der Waals surface area contributed by atoms with Crippen LogP contribution in [0.5, 0.6) is 0 Å². The lowest BCUT2D eigenvalue weighted by molar-refractivity contribution is -0.154. The summed E-state index contributed by atoms with van der Waals surface area (Å²) in [5.41, 5.74) is 1.06. The van der Waals surface area contributed by atoms with Gasteiger partial charge in [-0.1, -0.05) is 18.2 Å². The van der Waals surface area contributed by atoms with Gasteiger partial charge in [-0.15, -0.1) is 0 Å². The minimum Gasteiger partial charge on any atom is -0.464 e. The summed E-state index contributed by atoms with van der Waals surface area (Å²) < 4.78 is 5.32. The zero-order chi connectivity index (χ0) is 15.0. The highest BCUT2D eigenvalue weighted by Crippen LogP contribution is 2.21. The first-order valence-corrected chi connectivity index (χ1v) is 6.61. The molecule has 1 saturated heterocycles. The molecule has 1 fully saturated rings. The van der Waals surface area contributed by atoms with E-state index in [0.717, 1.165) is 5.39 Å². The second kappa shape index (κ2) is 5.05. The fourth-order valence-corrected chi connectivity index (χ4v) is 2.38. The molecule has 2 heterocycles. The molecule has 0 radical (unpaired) electrons. The number of Topliss-reactive ketones (excluding diaryl/α,β-unsaturated/α-hetero) is 1. The lowest BCUT2D eigenvalue weighted by Crippen LogP contribution is -2.53. The van der Waals surface area contributed by atoms with Crippen molar-refractivity contribution in [2.45, 2.75) is 0 Å². The highest BCUT2D eigenvalue weighted by atomic mass is 16.3. The van der Waals surface area contributed by atoms with Crippen LogP contribution in [-0.2, 0) is 9.59 Å². The summed E-state index contributed by atoms with van der Waals surface area (Å²) in [7, 11) is 1.57. The number of nitrogens with zero attached hydrogens (tertiary/aromatic N) is 2. The molecule has 0 aliphatic carbocycles. The predicted octanol–water partition coefficient (Wildman–Crippen LogP) is 0.916. The van der Waals surface area contributed by atoms with E-state index in [1.165, 1.54) is 16.1 Å². The van der Waals surface area contributed by atoms with E-state index in [1.807, 2.05) is 12.1 Å². The first-order chi connectivity index (χ1) is 10.1. The Labute approximate surface area is 120 Å². The van der Waals surface area contributed by atoms with Crippen molar-refractivity contribution in [3.05, 3.63) is 36.1 Å². The van der Waals surface area contributed by atoms with E-state index < -0.39 is 11.8 Å². The van der Waals surface area contributed by atoms with Crippen LogP contribution in [0.4, 0.5) is 0 Å². The van der Waals surface area contributed by atoms with Crippen LogP contribution in [0.1, 0.15) is 10.4 Å². The molecule has 1 aliphatic heterocycles. The van der Waals surface area contributed by atoms with Gasteiger partial charge in [-0.25, -0.2) is 0 Å². The van der Waals surface area contributed by atoms with Gasteiger partial charge in [-0.2, -0.15) is 0 Å². The van der Waals surface area contributed by atoms with E-state index >= 15 is 0 Å². The molecule has 21 heavy (non-hydrogen) atoms. The molecule has 6 nitrogen and oxygen atoms in total. The Kier molecular flexibility index (Phi) is 3.21. The van der Waals surface area contributed by atoms with E-state index in [0.29, 0.717) is 24.2 Å². The Morgan fingerprint density at radius 3 is 2.76 bits per heavy atom. The van der Waals surface area contributed by atoms with Crippen molar-refractivity contribution in [2.75, 3.05) is 26.7 Å². The van der Waals surface area contributed by atoms with Crippen LogP contribution >= 0.6 is 0 Å². The van der Waals surface area contributed by atoms with Crippen molar-refractivity contribution in [1.29, 1.82) is 0 Å². The molecule has 0 atom stereocenters. The molecule has 1 aromatic heterocycles. The largest absolute Gasteiger partial charge is 0.464 e. The van der Waals surface area contributed by atoms with E-state index in [4.69, 9.17) is 4.42 Å². The Morgan fingerprint density at radius 1 is 1.19 bits per heavy atom. The molecule has 108 valence electrons. The molecule has 0 N–H and O–H groups in total. The summed E-state index contributed by atoms with van der Waals surface area (Å²) >= 11 is 0. The molecule has 2 aromatic rings. The van der Waals surface area contributed by atoms with Crippen molar-refractivity contribution in [2.24, 2.45) is 0 Å². The lowest BCUT2D eigenvalue weighted by atomic mass is 10.1. The lowest BCUT2D eigenvalue weighted by Gasteiger charge is -2.30. The number of likely N-dealkylation sites (N-methyl/N-ethyl adjacent to an activating group) is 1. The second-order valence-electron chi connectivity index (χ2n) is 5.02. The third-order valence-corrected chi connectivity index (χ3v) is 3.64. The van der Waals surface area contributed by atoms with Crippen LogP contribution in [-0.4, -0.2) is 54.1 Å². The summed E-state index contributed by atoms with van der Waals surface area (Å²) in [6.45, 7) is 0.689. The number of piperazine rings is 1. The van der Waals surface area contributed by atoms with Crippen molar-refractivity contribution in [3.8, 4) is 0 Å². The molecule has 0 bridgehead atoms. The highest BCUT2D eigenvalue weighted by molar-refractivity contribution is 6.35. The number of para-hydroxylation sites is 1. The maximum Gasteiger partial charge on any atom is 0.312 e. The average Bonchev–Trinajstić information content (AvgIpc) is 2.92. The first-order valence-electron chi connectivity index (χ1n) is 6.61. The Morgan fingerprint density at radius 2 is 1.95 bits per heavy atom. The van der Waals surface area contributed by atoms with Gasteiger partial charge in [0, 0.05) is 25.5 Å². The second-order valence-corrected chi connectivity index (χ2v) is 5.02. The van der Waals surface area contributed by atoms with E-state index in [1.54, 1.807) is 19.2 Å². The minimum atomic E-state index is -0.634. The summed E-state index contributed by atoms with van der Waals surface area (Å²) in [6.07, 6.45) is 1.40. The quantitative estimate of drug-likeness (QED) is 0.621. The SMILES string of the molecule is CN1CCN(CC(=O)c2coc3ccccc23)C(=O)C1=O. The van der Waals surface area contributed by atoms with Gasteiger partial charge in [-0.3, -0.25) is 14.4 Å². The van der Waals surface area contributed by atoms with E-state index in [2.05, 4.69) is 0 Å². The van der Waals surface area contributed by atoms with Crippen LogP contribution < -0.4 is 0 Å². The van der Waals surface area contributed by atoms with E-state index in [9.17, 15) is 14.4 Å². The molecule has 0 saturated carbocycles. The maximum absolute atomic E-state index is 12.3. The molecule has 1 aliphatic rings. The third-order valence-electron chi connectivity index (χ3n) is 3.64. The van der Waals surface area contributed by atoms with Crippen LogP contribution in [0.15, 0.2) is 34.9 Å². The van der Waals surface area contributed by atoms with Gasteiger partial charge < -0.3 is 14.2 Å². The van der Waals surface area contributed by atoms with Gasteiger partial charge in [-0.05, 0) is 6.07 Å². The van der Waals surface area contributed by atoms with Crippen molar-refractivity contribution in [1.82, 2.24) is 9.80 Å². The summed E-state index contributed by atoms with van der Waals surface area (Å²) in [4.78, 5) is 38.5. The third kappa shape index (κ3) is 2.29. The van der Waals surface area contributed by atoms with Crippen LogP contribution in [0, 0.1) is 0 Å². The standard InChI is InChI=1S/C15H14N2O4/c1-16-6-7-17(15(20)14(16)19)8-12(18)11-9-21-13-5-3-2-4-10(11)13/h2-5,9H,6-8H2,1H3. The molecular weight excluding hydrogens is 272 g/mol. The predicted molar refractivity (Wildman–Crippen MR) is 74.8 cm³/mol. The number of hydrogen-bond acceptors (Lipinski definition) is 4. The van der Waals surface area contributed by atoms with Crippen molar-refractivity contribution < 1.29 is 18.8 Å². The van der Waals surface area contributed by atoms with Crippen LogP contribution in [0.2, 0.25) is 0 Å². The number of fused-ring (bicyclic) bond motifs is 1. The monoisotopic (exact) mass is 286 g/mol. The van der Waals surface area contributed by atoms with Gasteiger partial charge in [0.2, 0.25) is 0 Å². The van der Waals surface area contributed by atoms with Gasteiger partial charge >= 0.3 is 11.8 Å². The average molecular weight is 286 g/mol. The molecule has 2 amide bonds. The summed E-state index contributed by atoms with van der Waals surface area (Å²) in [5.74, 6) is -1.44. The van der Waals surface area contributed by atoms with E-state index in [-0.39, 0.29) is 12.3 Å². The normalized spacial score (nSPS) is 15.9. The van der Waals surface area contributed by atoms with Crippen LogP contribution in [0.3, 0.4) is 0 Å². The molecule has 0 unspecified atom stereocenters. The smallest absolute Gasteiger partial charge is 0.312 e. The fourth-order valence-electron chi connectivity index (χ4n) is 2.38. The molecule has 0 spiro atoms. The highest BCUT2D eigenvalue weighted by Gasteiger charge is 2.31. The van der Waals surface area contributed by atoms with Gasteiger partial charge in [0.1, 0.15) is 11.8 Å². The number of amides is 2. The summed E-state index contributed by atoms with van der Waals surface area (Å²) in [5, 5.41) is 0.718. The number of carbonyl (C=O) groups excluding carboxylic acids is 3. The maximum atomic E-state index is 12.3. The van der Waals surface area contributed by atoms with Crippen molar-refractivity contribution in [3.63, 3.8) is 0 Å². The Bertz CT molecular complexity index is 734. The molecule has 1 aromatic carbocycles. The Balaban J connectivity index is 1.81. The number of furan rings is 1. The van der Waals surface area contributed by atoms with Crippen molar-refractivity contribution >= 4 is 28.6 Å². The number of rotatable bonds is 3. The van der Waals surface area contributed by atoms with Crippen LogP contribution in [0.25, 0.3) is 11.0 Å². The minimum absolute atomic E-state index is 0.109.